The van der Waals surface area contributed by atoms with Crippen LogP contribution in [0.2, 0.25) is 0 Å². The van der Waals surface area contributed by atoms with Gasteiger partial charge in [0.1, 0.15) is 11.5 Å². The maximum atomic E-state index is 12.3. The zero-order valence-corrected chi connectivity index (χ0v) is 14.6. The Morgan fingerprint density at radius 1 is 1.25 bits per heavy atom. The minimum atomic E-state index is -1.06. The van der Waals surface area contributed by atoms with E-state index in [2.05, 4.69) is 21.2 Å². The standard InChI is InChI=1S/C16H16BrNO6/c1-22-9-3-4-10(13(7-9)23-2)11(8-15(19)20)18-16(21)12-5-6-14(17)24-12/h3-7,11H,8H2,1-2H3,(H,18,21)(H,19,20). The average Bonchev–Trinajstić information content (AvgIpc) is 2.99. The van der Waals surface area contributed by atoms with Gasteiger partial charge in [-0.1, -0.05) is 0 Å². The number of carbonyl (C=O) groups excluding carboxylic acids is 1. The second-order valence-electron chi connectivity index (χ2n) is 4.84. The molecule has 1 amide bonds. The largest absolute Gasteiger partial charge is 0.497 e. The van der Waals surface area contributed by atoms with Gasteiger partial charge in [0.05, 0.1) is 26.7 Å². The molecule has 2 aromatic rings. The Morgan fingerprint density at radius 2 is 2.00 bits per heavy atom. The smallest absolute Gasteiger partial charge is 0.305 e. The molecule has 2 rings (SSSR count). The van der Waals surface area contributed by atoms with Gasteiger partial charge in [0.2, 0.25) is 0 Å². The van der Waals surface area contributed by atoms with Crippen LogP contribution in [0.3, 0.4) is 0 Å². The average molecular weight is 398 g/mol. The number of amides is 1. The lowest BCUT2D eigenvalue weighted by Gasteiger charge is -2.20. The third kappa shape index (κ3) is 4.29. The van der Waals surface area contributed by atoms with Gasteiger partial charge in [-0.2, -0.15) is 0 Å². The van der Waals surface area contributed by atoms with E-state index in [4.69, 9.17) is 19.0 Å². The van der Waals surface area contributed by atoms with Crippen LogP contribution in [0.4, 0.5) is 0 Å². The summed E-state index contributed by atoms with van der Waals surface area (Å²) in [5, 5.41) is 11.8. The first-order valence-corrected chi connectivity index (χ1v) is 7.73. The first-order chi connectivity index (χ1) is 11.4. The fourth-order valence-electron chi connectivity index (χ4n) is 2.19. The summed E-state index contributed by atoms with van der Waals surface area (Å²) in [7, 11) is 2.97. The number of carboxylic acid groups (broad SMARTS) is 1. The molecule has 128 valence electrons. The third-order valence-corrected chi connectivity index (χ3v) is 3.72. The number of hydrogen-bond donors (Lipinski definition) is 2. The number of halogens is 1. The molecule has 1 aromatic carbocycles. The topological polar surface area (TPSA) is 98.0 Å². The van der Waals surface area contributed by atoms with Gasteiger partial charge >= 0.3 is 5.97 Å². The quantitative estimate of drug-likeness (QED) is 0.744. The number of benzene rings is 1. The number of nitrogens with one attached hydrogen (secondary N) is 1. The van der Waals surface area contributed by atoms with Crippen LogP contribution < -0.4 is 14.8 Å². The van der Waals surface area contributed by atoms with Crippen molar-refractivity contribution in [3.05, 3.63) is 46.3 Å². The molecule has 8 heteroatoms. The van der Waals surface area contributed by atoms with E-state index in [0.29, 0.717) is 21.7 Å². The predicted molar refractivity (Wildman–Crippen MR) is 88.4 cm³/mol. The number of ether oxygens (including phenoxy) is 2. The van der Waals surface area contributed by atoms with E-state index in [1.165, 1.54) is 20.3 Å². The number of carboxylic acids is 1. The first-order valence-electron chi connectivity index (χ1n) is 6.94. The van der Waals surface area contributed by atoms with Crippen molar-refractivity contribution in [3.63, 3.8) is 0 Å². The van der Waals surface area contributed by atoms with Crippen LogP contribution >= 0.6 is 15.9 Å². The van der Waals surface area contributed by atoms with Crippen LogP contribution in [0.5, 0.6) is 11.5 Å². The lowest BCUT2D eigenvalue weighted by molar-refractivity contribution is -0.137. The molecule has 0 bridgehead atoms. The fraction of sp³-hybridized carbons (Fsp3) is 0.250. The molecule has 0 aliphatic heterocycles. The summed E-state index contributed by atoms with van der Waals surface area (Å²) >= 11 is 3.12. The number of rotatable bonds is 7. The highest BCUT2D eigenvalue weighted by atomic mass is 79.9. The van der Waals surface area contributed by atoms with Crippen molar-refractivity contribution < 1.29 is 28.6 Å². The summed E-state index contributed by atoms with van der Waals surface area (Å²) in [6, 6.07) is 7.23. The maximum Gasteiger partial charge on any atom is 0.305 e. The summed E-state index contributed by atoms with van der Waals surface area (Å²) in [4.78, 5) is 23.4. The molecule has 2 N–H and O–H groups in total. The summed E-state index contributed by atoms with van der Waals surface area (Å²) in [5.74, 6) is -0.527. The summed E-state index contributed by atoms with van der Waals surface area (Å²) in [6.45, 7) is 0. The Bertz CT molecular complexity index is 742. The van der Waals surface area contributed by atoms with Crippen molar-refractivity contribution >= 4 is 27.8 Å². The van der Waals surface area contributed by atoms with Crippen LogP contribution in [-0.2, 0) is 4.79 Å². The molecule has 1 atom stereocenters. The van der Waals surface area contributed by atoms with Gasteiger partial charge in [0.25, 0.3) is 5.91 Å². The molecule has 0 radical (unpaired) electrons. The molecular weight excluding hydrogens is 382 g/mol. The SMILES string of the molecule is COc1ccc(C(CC(=O)O)NC(=O)c2ccc(Br)o2)c(OC)c1. The number of hydrogen-bond acceptors (Lipinski definition) is 5. The van der Waals surface area contributed by atoms with Crippen molar-refractivity contribution in [2.75, 3.05) is 14.2 Å². The second kappa shape index (κ2) is 7.87. The Labute approximate surface area is 146 Å². The molecule has 0 fully saturated rings. The van der Waals surface area contributed by atoms with Crippen molar-refractivity contribution in [2.45, 2.75) is 12.5 Å². The molecule has 0 aliphatic carbocycles. The van der Waals surface area contributed by atoms with Crippen LogP contribution in [0.1, 0.15) is 28.6 Å². The lowest BCUT2D eigenvalue weighted by Crippen LogP contribution is -2.30. The van der Waals surface area contributed by atoms with E-state index in [-0.39, 0.29) is 12.2 Å². The maximum absolute atomic E-state index is 12.3. The van der Waals surface area contributed by atoms with Gasteiger partial charge in [0, 0.05) is 11.6 Å². The van der Waals surface area contributed by atoms with Crippen molar-refractivity contribution in [1.82, 2.24) is 5.32 Å². The molecule has 1 heterocycles. The van der Waals surface area contributed by atoms with Crippen LogP contribution in [0, 0.1) is 0 Å². The first kappa shape index (κ1) is 17.9. The minimum absolute atomic E-state index is 0.0738. The molecule has 0 saturated carbocycles. The van der Waals surface area contributed by atoms with Crippen molar-refractivity contribution in [3.8, 4) is 11.5 Å². The summed E-state index contributed by atoms with van der Waals surface area (Å²) in [6.07, 6.45) is -0.309. The second-order valence-corrected chi connectivity index (χ2v) is 5.62. The van der Waals surface area contributed by atoms with Crippen LogP contribution in [0.15, 0.2) is 39.4 Å². The molecule has 24 heavy (non-hydrogen) atoms. The zero-order chi connectivity index (χ0) is 17.7. The van der Waals surface area contributed by atoms with E-state index in [1.54, 1.807) is 24.3 Å². The van der Waals surface area contributed by atoms with E-state index in [1.807, 2.05) is 0 Å². The number of furan rings is 1. The highest BCUT2D eigenvalue weighted by Gasteiger charge is 2.23. The van der Waals surface area contributed by atoms with Crippen molar-refractivity contribution in [1.29, 1.82) is 0 Å². The molecule has 1 unspecified atom stereocenters. The van der Waals surface area contributed by atoms with Gasteiger partial charge in [-0.3, -0.25) is 9.59 Å². The van der Waals surface area contributed by atoms with E-state index >= 15 is 0 Å². The zero-order valence-electron chi connectivity index (χ0n) is 13.0. The highest BCUT2D eigenvalue weighted by molar-refractivity contribution is 9.10. The third-order valence-electron chi connectivity index (χ3n) is 3.30. The molecular formula is C16H16BrNO6. The molecule has 0 aliphatic rings. The highest BCUT2D eigenvalue weighted by Crippen LogP contribution is 2.31. The molecule has 0 saturated heterocycles. The summed E-state index contributed by atoms with van der Waals surface area (Å²) in [5.41, 5.74) is 0.527. The molecule has 7 nitrogen and oxygen atoms in total. The molecule has 0 spiro atoms. The van der Waals surface area contributed by atoms with Gasteiger partial charge < -0.3 is 24.3 Å². The minimum Gasteiger partial charge on any atom is -0.497 e. The fourth-order valence-corrected chi connectivity index (χ4v) is 2.49. The van der Waals surface area contributed by atoms with E-state index < -0.39 is 17.9 Å². The monoisotopic (exact) mass is 397 g/mol. The Balaban J connectivity index is 2.31. The van der Waals surface area contributed by atoms with Crippen LogP contribution in [0.25, 0.3) is 0 Å². The Morgan fingerprint density at radius 3 is 2.54 bits per heavy atom. The van der Waals surface area contributed by atoms with E-state index in [9.17, 15) is 9.59 Å². The van der Waals surface area contributed by atoms with Gasteiger partial charge in [-0.25, -0.2) is 0 Å². The normalized spacial score (nSPS) is 11.6. The Kier molecular flexibility index (Phi) is 5.86. The number of carbonyl (C=O) groups is 2. The van der Waals surface area contributed by atoms with Gasteiger partial charge in [0.15, 0.2) is 10.4 Å². The van der Waals surface area contributed by atoms with Gasteiger partial charge in [-0.05, 0) is 40.2 Å². The Hall–Kier alpha value is -2.48. The molecule has 1 aromatic heterocycles. The van der Waals surface area contributed by atoms with Crippen LogP contribution in [-0.4, -0.2) is 31.2 Å². The predicted octanol–water partition coefficient (Wildman–Crippen LogP) is 3.01. The van der Waals surface area contributed by atoms with Crippen molar-refractivity contribution in [2.24, 2.45) is 0 Å². The lowest BCUT2D eigenvalue weighted by atomic mass is 10.0. The number of aliphatic carboxylic acids is 1. The van der Waals surface area contributed by atoms with E-state index in [0.717, 1.165) is 0 Å². The number of methoxy groups -OCH3 is 2. The summed E-state index contributed by atoms with van der Waals surface area (Å²) < 4.78 is 16.0. The van der Waals surface area contributed by atoms with Gasteiger partial charge in [-0.15, -0.1) is 0 Å².